The van der Waals surface area contributed by atoms with E-state index in [0.717, 1.165) is 6.20 Å². The molecule has 1 heterocycles. The van der Waals surface area contributed by atoms with Crippen molar-refractivity contribution in [1.29, 1.82) is 0 Å². The molecule has 0 N–H and O–H groups in total. The summed E-state index contributed by atoms with van der Waals surface area (Å²) in [6.45, 7) is 4.00. The number of carbonyl (C=O) groups is 1. The third-order valence-electron chi connectivity index (χ3n) is 1.73. The van der Waals surface area contributed by atoms with Gasteiger partial charge >= 0.3 is 5.97 Å². The zero-order chi connectivity index (χ0) is 13.4. The van der Waals surface area contributed by atoms with Crippen molar-refractivity contribution >= 4 is 23.3 Å². The maximum absolute atomic E-state index is 11.0. The molecule has 102 valence electrons. The number of esters is 1. The minimum atomic E-state index is -0.642. The molecule has 1 aromatic rings. The van der Waals surface area contributed by atoms with Crippen molar-refractivity contribution in [1.82, 2.24) is 4.98 Å². The number of aromatic nitrogens is 1. The second-order valence-electron chi connectivity index (χ2n) is 2.63. The fourth-order valence-electron chi connectivity index (χ4n) is 1.00. The Morgan fingerprint density at radius 3 is 2.50 bits per heavy atom. The predicted octanol–water partition coefficient (Wildman–Crippen LogP) is 3.02. The number of hydrogen-bond acceptors (Lipinski definition) is 5. The molecule has 0 amide bonds. The molecule has 0 aliphatic rings. The van der Waals surface area contributed by atoms with E-state index < -0.39 is 10.9 Å². The van der Waals surface area contributed by atoms with Gasteiger partial charge in [0, 0.05) is 6.20 Å². The van der Waals surface area contributed by atoms with Crippen molar-refractivity contribution in [2.45, 2.75) is 27.7 Å². The summed E-state index contributed by atoms with van der Waals surface area (Å²) in [7, 11) is 1.20. The molecule has 1 rings (SSSR count). The lowest BCUT2D eigenvalue weighted by atomic mass is 10.1. The van der Waals surface area contributed by atoms with Crippen LogP contribution in [0.4, 0.5) is 5.69 Å². The van der Waals surface area contributed by atoms with Gasteiger partial charge in [0.25, 0.3) is 5.69 Å². The molecule has 0 aromatic carbocycles. The van der Waals surface area contributed by atoms with Gasteiger partial charge in [0.15, 0.2) is 0 Å². The smallest absolute Gasteiger partial charge is 0.310 e. The molecule has 0 saturated heterocycles. The summed E-state index contributed by atoms with van der Waals surface area (Å²) in [5.41, 5.74) is -0.170. The lowest BCUT2D eigenvalue weighted by Crippen LogP contribution is -2.07. The SMILES string of the molecule is C.CC.COC(=O)Cc1c(Cl)cncc1[N+](=O)[O-]. The monoisotopic (exact) mass is 276 g/mol. The summed E-state index contributed by atoms with van der Waals surface area (Å²) in [5, 5.41) is 10.7. The van der Waals surface area contributed by atoms with Crippen LogP contribution < -0.4 is 0 Å². The van der Waals surface area contributed by atoms with E-state index in [2.05, 4.69) is 9.72 Å². The average Bonchev–Trinajstić information content (AvgIpc) is 2.33. The van der Waals surface area contributed by atoms with Gasteiger partial charge in [-0.3, -0.25) is 19.9 Å². The van der Waals surface area contributed by atoms with Gasteiger partial charge in [-0.05, 0) is 0 Å². The summed E-state index contributed by atoms with van der Waals surface area (Å²) < 4.78 is 4.40. The van der Waals surface area contributed by atoms with Crippen LogP contribution in [0.2, 0.25) is 5.02 Å². The molecule has 0 unspecified atom stereocenters. The first kappa shape index (κ1) is 18.7. The number of carbonyl (C=O) groups excluding carboxylic acids is 1. The van der Waals surface area contributed by atoms with E-state index in [1.807, 2.05) is 13.8 Å². The largest absolute Gasteiger partial charge is 0.469 e. The number of nitro groups is 1. The highest BCUT2D eigenvalue weighted by molar-refractivity contribution is 6.31. The second-order valence-corrected chi connectivity index (χ2v) is 3.04. The highest BCUT2D eigenvalue weighted by Crippen LogP contribution is 2.25. The minimum Gasteiger partial charge on any atom is -0.469 e. The third-order valence-corrected chi connectivity index (χ3v) is 2.05. The van der Waals surface area contributed by atoms with Gasteiger partial charge in [-0.1, -0.05) is 32.9 Å². The Labute approximate surface area is 111 Å². The van der Waals surface area contributed by atoms with Crippen LogP contribution in [-0.4, -0.2) is 23.0 Å². The zero-order valence-corrected chi connectivity index (χ0v) is 10.5. The quantitative estimate of drug-likeness (QED) is 0.481. The molecular formula is C11H17ClN2O4. The third kappa shape index (κ3) is 5.09. The van der Waals surface area contributed by atoms with E-state index >= 15 is 0 Å². The number of rotatable bonds is 3. The van der Waals surface area contributed by atoms with Crippen LogP contribution in [0.15, 0.2) is 12.4 Å². The molecule has 0 aliphatic carbocycles. The summed E-state index contributed by atoms with van der Waals surface area (Å²) in [6.07, 6.45) is 2.05. The fraction of sp³-hybridized carbons (Fsp3) is 0.455. The number of ether oxygens (including phenoxy) is 1. The van der Waals surface area contributed by atoms with Gasteiger partial charge in [0.1, 0.15) is 6.20 Å². The van der Waals surface area contributed by atoms with Crippen LogP contribution in [0.5, 0.6) is 0 Å². The molecule has 0 aliphatic heterocycles. The number of halogens is 1. The molecule has 7 heteroatoms. The minimum absolute atomic E-state index is 0. The number of pyridine rings is 1. The molecule has 0 fully saturated rings. The van der Waals surface area contributed by atoms with Crippen LogP contribution in [0.1, 0.15) is 26.8 Å². The van der Waals surface area contributed by atoms with Crippen molar-refractivity contribution in [3.8, 4) is 0 Å². The molecule has 0 saturated carbocycles. The predicted molar refractivity (Wildman–Crippen MR) is 69.7 cm³/mol. The maximum Gasteiger partial charge on any atom is 0.310 e. The highest BCUT2D eigenvalue weighted by Gasteiger charge is 2.20. The second kappa shape index (κ2) is 9.35. The Balaban J connectivity index is 0. The van der Waals surface area contributed by atoms with E-state index in [-0.39, 0.29) is 30.1 Å². The Morgan fingerprint density at radius 1 is 1.50 bits per heavy atom. The Morgan fingerprint density at radius 2 is 2.06 bits per heavy atom. The molecule has 1 aromatic heterocycles. The van der Waals surface area contributed by atoms with E-state index in [0.29, 0.717) is 0 Å². The van der Waals surface area contributed by atoms with Gasteiger partial charge in [0.2, 0.25) is 0 Å². The summed E-state index contributed by atoms with van der Waals surface area (Å²) in [5.74, 6) is -0.591. The van der Waals surface area contributed by atoms with Gasteiger partial charge in [-0.2, -0.15) is 0 Å². The maximum atomic E-state index is 11.0. The Hall–Kier alpha value is -1.69. The molecule has 6 nitrogen and oxygen atoms in total. The molecule has 18 heavy (non-hydrogen) atoms. The summed E-state index contributed by atoms with van der Waals surface area (Å²) >= 11 is 5.70. The fourth-order valence-corrected chi connectivity index (χ4v) is 1.22. The highest BCUT2D eigenvalue weighted by atomic mass is 35.5. The van der Waals surface area contributed by atoms with Crippen molar-refractivity contribution in [2.24, 2.45) is 0 Å². The van der Waals surface area contributed by atoms with E-state index in [4.69, 9.17) is 11.6 Å². The molecule has 0 atom stereocenters. The lowest BCUT2D eigenvalue weighted by molar-refractivity contribution is -0.385. The van der Waals surface area contributed by atoms with Gasteiger partial charge in [-0.25, -0.2) is 0 Å². The van der Waals surface area contributed by atoms with Gasteiger partial charge < -0.3 is 4.74 Å². The van der Waals surface area contributed by atoms with Crippen molar-refractivity contribution in [3.63, 3.8) is 0 Å². The van der Waals surface area contributed by atoms with Crippen molar-refractivity contribution < 1.29 is 14.5 Å². The normalized spacial score (nSPS) is 8.44. The molecule has 0 bridgehead atoms. The number of nitrogens with zero attached hydrogens (tertiary/aromatic N) is 2. The molecule has 0 spiro atoms. The summed E-state index contributed by atoms with van der Waals surface area (Å²) in [4.78, 5) is 24.5. The Kier molecular flexibility index (Phi) is 9.70. The summed E-state index contributed by atoms with van der Waals surface area (Å²) in [6, 6.07) is 0. The van der Waals surface area contributed by atoms with Crippen molar-refractivity contribution in [2.75, 3.05) is 7.11 Å². The first-order chi connectivity index (χ1) is 8.06. The van der Waals surface area contributed by atoms with Crippen LogP contribution in [0.25, 0.3) is 0 Å². The van der Waals surface area contributed by atoms with Crippen LogP contribution in [0.3, 0.4) is 0 Å². The van der Waals surface area contributed by atoms with Crippen LogP contribution >= 0.6 is 11.6 Å². The standard InChI is InChI=1S/C8H7ClN2O4.C2H6.CH4/c1-15-8(12)2-5-6(9)3-10-4-7(5)11(13)14;1-2;/h3-4H,2H2,1H3;1-2H3;1H4. The first-order valence-corrected chi connectivity index (χ1v) is 5.27. The topological polar surface area (TPSA) is 82.3 Å². The Bertz CT molecular complexity index is 410. The van der Waals surface area contributed by atoms with E-state index in [1.165, 1.54) is 13.3 Å². The van der Waals surface area contributed by atoms with E-state index in [9.17, 15) is 14.9 Å². The average molecular weight is 277 g/mol. The van der Waals surface area contributed by atoms with Crippen LogP contribution in [0, 0.1) is 10.1 Å². The number of methoxy groups -OCH3 is 1. The van der Waals surface area contributed by atoms with Crippen LogP contribution in [-0.2, 0) is 16.0 Å². The zero-order valence-electron chi connectivity index (χ0n) is 9.77. The van der Waals surface area contributed by atoms with E-state index in [1.54, 1.807) is 0 Å². The molecule has 0 radical (unpaired) electrons. The molecular weight excluding hydrogens is 260 g/mol. The van der Waals surface area contributed by atoms with Gasteiger partial charge in [0.05, 0.1) is 29.0 Å². The van der Waals surface area contributed by atoms with Crippen molar-refractivity contribution in [3.05, 3.63) is 33.1 Å². The first-order valence-electron chi connectivity index (χ1n) is 4.90. The number of hydrogen-bond donors (Lipinski definition) is 0. The lowest BCUT2D eigenvalue weighted by Gasteiger charge is -2.02. The van der Waals surface area contributed by atoms with Gasteiger partial charge in [-0.15, -0.1) is 0 Å².